The predicted octanol–water partition coefficient (Wildman–Crippen LogP) is 2.35. The molecule has 0 fully saturated rings. The van der Waals surface area contributed by atoms with Crippen LogP contribution in [-0.4, -0.2) is 5.11 Å². The van der Waals surface area contributed by atoms with Crippen LogP contribution in [-0.2, 0) is 0 Å². The molecule has 0 bridgehead atoms. The summed E-state index contributed by atoms with van der Waals surface area (Å²) in [5, 5.41) is 9.41. The zero-order valence-corrected chi connectivity index (χ0v) is 5.81. The Balaban J connectivity index is 3.25. The highest BCUT2D eigenvalue weighted by Crippen LogP contribution is 2.25. The van der Waals surface area contributed by atoms with E-state index in [9.17, 15) is 0 Å². The molecule has 0 spiro atoms. The molecule has 0 unspecified atom stereocenters. The summed E-state index contributed by atoms with van der Waals surface area (Å²) in [5.74, 6) is 0.150. The second-order valence-corrected chi connectivity index (χ2v) is 2.29. The topological polar surface area (TPSA) is 20.2 Å². The molecule has 1 N–H and O–H groups in total. The van der Waals surface area contributed by atoms with Crippen LogP contribution in [0.15, 0.2) is 18.2 Å². The largest absolute Gasteiger partial charge is 0.506 e. The Morgan fingerprint density at radius 1 is 1.44 bits per heavy atom. The molecule has 1 aromatic carbocycles. The lowest BCUT2D eigenvalue weighted by atomic mass is 10.2. The number of benzene rings is 1. The van der Waals surface area contributed by atoms with Crippen LogP contribution in [0.25, 0.3) is 0 Å². The van der Waals surface area contributed by atoms with Crippen molar-refractivity contribution in [3.63, 3.8) is 0 Å². The van der Waals surface area contributed by atoms with Crippen LogP contribution in [0.1, 0.15) is 5.56 Å². The van der Waals surface area contributed by atoms with E-state index in [0.717, 1.165) is 5.56 Å². The number of hydrogen-bond acceptors (Lipinski definition) is 1. The zero-order valence-electron chi connectivity index (χ0n) is 5.06. The van der Waals surface area contributed by atoms with Crippen molar-refractivity contribution in [2.24, 2.45) is 0 Å². The van der Waals surface area contributed by atoms with E-state index in [2.05, 4.69) is 0 Å². The lowest BCUT2D eigenvalue weighted by Crippen LogP contribution is -1.72. The van der Waals surface area contributed by atoms with Crippen molar-refractivity contribution in [1.82, 2.24) is 0 Å². The van der Waals surface area contributed by atoms with Crippen molar-refractivity contribution in [3.05, 3.63) is 28.8 Å². The molecule has 1 rings (SSSR count). The summed E-state index contributed by atoms with van der Waals surface area (Å²) >= 11 is 5.63. The molecule has 1 aromatic rings. The standard InChI is InChI=1S/C7H7ClO/c1-5-3-2-4-6(9)7(5)8/h2-4,9H,1H3. The van der Waals surface area contributed by atoms with Gasteiger partial charge in [0.25, 0.3) is 0 Å². The summed E-state index contributed by atoms with van der Waals surface area (Å²) < 4.78 is 0. The Morgan fingerprint density at radius 2 is 2.11 bits per heavy atom. The third-order valence-corrected chi connectivity index (χ3v) is 1.66. The molecule has 0 saturated carbocycles. The number of hydrogen-bond donors (Lipinski definition) is 1. The second kappa shape index (κ2) is 2.28. The molecule has 0 aliphatic rings. The first-order valence-corrected chi connectivity index (χ1v) is 3.03. The average Bonchev–Trinajstić information content (AvgIpc) is 1.83. The summed E-state index contributed by atoms with van der Waals surface area (Å²) in [4.78, 5) is 0. The van der Waals surface area contributed by atoms with Gasteiger partial charge in [0.2, 0.25) is 0 Å². The number of rotatable bonds is 0. The highest BCUT2D eigenvalue weighted by Gasteiger charge is 1.97. The van der Waals surface area contributed by atoms with E-state index in [1.54, 1.807) is 12.1 Å². The summed E-state index contributed by atoms with van der Waals surface area (Å²) in [7, 11) is 0. The Bertz CT molecular complexity index is 200. The van der Waals surface area contributed by atoms with E-state index in [-0.39, 0.29) is 5.75 Å². The molecule has 2 heteroatoms. The van der Waals surface area contributed by atoms with Crippen molar-refractivity contribution in [1.29, 1.82) is 0 Å². The molecule has 0 radical (unpaired) electrons. The SMILES string of the molecule is Cc1cccc(O)c1Cl. The quantitative estimate of drug-likeness (QED) is 0.590. The van der Waals surface area contributed by atoms with Gasteiger partial charge in [-0.3, -0.25) is 0 Å². The molecule has 0 amide bonds. The number of phenols is 1. The van der Waals surface area contributed by atoms with Crippen molar-refractivity contribution in [2.75, 3.05) is 0 Å². The van der Waals surface area contributed by atoms with Crippen LogP contribution >= 0.6 is 11.6 Å². The number of phenolic OH excluding ortho intramolecular Hbond substituents is 1. The van der Waals surface area contributed by atoms with E-state index in [0.29, 0.717) is 5.02 Å². The number of aromatic hydroxyl groups is 1. The fraction of sp³-hybridized carbons (Fsp3) is 0.143. The normalized spacial score (nSPS) is 9.56. The maximum absolute atomic E-state index is 8.97. The first-order valence-electron chi connectivity index (χ1n) is 2.66. The van der Waals surface area contributed by atoms with Gasteiger partial charge < -0.3 is 5.11 Å². The minimum absolute atomic E-state index is 0.150. The maximum atomic E-state index is 8.97. The Hall–Kier alpha value is -0.690. The van der Waals surface area contributed by atoms with E-state index in [1.165, 1.54) is 0 Å². The molecule has 0 aliphatic carbocycles. The van der Waals surface area contributed by atoms with Crippen LogP contribution in [0.5, 0.6) is 5.75 Å². The van der Waals surface area contributed by atoms with Gasteiger partial charge in [-0.05, 0) is 18.6 Å². The van der Waals surface area contributed by atoms with Crippen molar-refractivity contribution >= 4 is 11.6 Å². The van der Waals surface area contributed by atoms with Gasteiger partial charge >= 0.3 is 0 Å². The number of aryl methyl sites for hydroxylation is 1. The van der Waals surface area contributed by atoms with E-state index < -0.39 is 0 Å². The van der Waals surface area contributed by atoms with Crippen LogP contribution < -0.4 is 0 Å². The summed E-state index contributed by atoms with van der Waals surface area (Å²) in [5.41, 5.74) is 0.900. The van der Waals surface area contributed by atoms with E-state index in [1.807, 2.05) is 13.0 Å². The summed E-state index contributed by atoms with van der Waals surface area (Å²) in [6, 6.07) is 5.17. The Morgan fingerprint density at radius 3 is 2.56 bits per heavy atom. The van der Waals surface area contributed by atoms with Crippen LogP contribution in [0, 0.1) is 6.92 Å². The number of halogens is 1. The van der Waals surface area contributed by atoms with Crippen LogP contribution in [0.4, 0.5) is 0 Å². The van der Waals surface area contributed by atoms with Gasteiger partial charge in [-0.15, -0.1) is 0 Å². The zero-order chi connectivity index (χ0) is 6.85. The third-order valence-electron chi connectivity index (χ3n) is 1.17. The molecule has 1 nitrogen and oxygen atoms in total. The van der Waals surface area contributed by atoms with Crippen LogP contribution in [0.3, 0.4) is 0 Å². The smallest absolute Gasteiger partial charge is 0.134 e. The molecule has 0 saturated heterocycles. The third kappa shape index (κ3) is 1.16. The van der Waals surface area contributed by atoms with Gasteiger partial charge in [-0.1, -0.05) is 23.7 Å². The molecule has 0 atom stereocenters. The first kappa shape index (κ1) is 6.43. The predicted molar refractivity (Wildman–Crippen MR) is 37.9 cm³/mol. The van der Waals surface area contributed by atoms with Gasteiger partial charge in [0.05, 0.1) is 5.02 Å². The average molecular weight is 143 g/mol. The van der Waals surface area contributed by atoms with Crippen LogP contribution in [0.2, 0.25) is 5.02 Å². The second-order valence-electron chi connectivity index (χ2n) is 1.91. The minimum atomic E-state index is 0.150. The summed E-state index contributed by atoms with van der Waals surface area (Å²) in [6.07, 6.45) is 0. The molecular weight excluding hydrogens is 136 g/mol. The molecule has 9 heavy (non-hydrogen) atoms. The van der Waals surface area contributed by atoms with Gasteiger partial charge in [0.1, 0.15) is 5.75 Å². The molecular formula is C7H7ClO. The molecule has 0 aromatic heterocycles. The lowest BCUT2D eigenvalue weighted by Gasteiger charge is -1.97. The van der Waals surface area contributed by atoms with Crippen molar-refractivity contribution in [2.45, 2.75) is 6.92 Å². The fourth-order valence-electron chi connectivity index (χ4n) is 0.632. The Kier molecular flexibility index (Phi) is 1.63. The first-order chi connectivity index (χ1) is 4.22. The lowest BCUT2D eigenvalue weighted by molar-refractivity contribution is 0.475. The van der Waals surface area contributed by atoms with Gasteiger partial charge in [0.15, 0.2) is 0 Å². The van der Waals surface area contributed by atoms with Gasteiger partial charge in [0, 0.05) is 0 Å². The Labute approximate surface area is 58.9 Å². The molecule has 0 aliphatic heterocycles. The van der Waals surface area contributed by atoms with Gasteiger partial charge in [-0.25, -0.2) is 0 Å². The maximum Gasteiger partial charge on any atom is 0.134 e. The fourth-order valence-corrected chi connectivity index (χ4v) is 0.758. The van der Waals surface area contributed by atoms with Crippen molar-refractivity contribution in [3.8, 4) is 5.75 Å². The van der Waals surface area contributed by atoms with Gasteiger partial charge in [-0.2, -0.15) is 0 Å². The van der Waals surface area contributed by atoms with E-state index in [4.69, 9.17) is 16.7 Å². The highest BCUT2D eigenvalue weighted by molar-refractivity contribution is 6.32. The molecule has 0 heterocycles. The van der Waals surface area contributed by atoms with E-state index >= 15 is 0 Å². The highest BCUT2D eigenvalue weighted by atomic mass is 35.5. The monoisotopic (exact) mass is 142 g/mol. The van der Waals surface area contributed by atoms with Crippen molar-refractivity contribution < 1.29 is 5.11 Å². The minimum Gasteiger partial charge on any atom is -0.506 e. The molecule has 48 valence electrons. The summed E-state index contributed by atoms with van der Waals surface area (Å²) in [6.45, 7) is 1.85.